The zero-order chi connectivity index (χ0) is 24.8. The van der Waals surface area contributed by atoms with E-state index in [4.69, 9.17) is 4.74 Å². The van der Waals surface area contributed by atoms with Gasteiger partial charge in [0, 0.05) is 36.5 Å². The molecule has 0 aliphatic carbocycles. The fraction of sp³-hybridized carbons (Fsp3) is 0.645. The van der Waals surface area contributed by atoms with Crippen molar-refractivity contribution >= 4 is 10.9 Å². The van der Waals surface area contributed by atoms with Gasteiger partial charge in [0.1, 0.15) is 24.9 Å². The maximum absolute atomic E-state index is 12.0. The first-order valence-electron chi connectivity index (χ1n) is 14.2. The Morgan fingerprint density at radius 2 is 1.89 bits per heavy atom. The highest BCUT2D eigenvalue weighted by molar-refractivity contribution is 5.81. The molecule has 2 bridgehead atoms. The number of benzene rings is 1. The number of hydrogen-bond acceptors (Lipinski definition) is 2. The number of rotatable bonds is 13. The van der Waals surface area contributed by atoms with Crippen molar-refractivity contribution in [3.63, 3.8) is 0 Å². The van der Waals surface area contributed by atoms with Crippen LogP contribution in [0.3, 0.4) is 0 Å². The van der Waals surface area contributed by atoms with Crippen LogP contribution in [0.4, 0.5) is 0 Å². The van der Waals surface area contributed by atoms with E-state index >= 15 is 0 Å². The van der Waals surface area contributed by atoms with E-state index in [1.54, 1.807) is 7.11 Å². The second-order valence-electron chi connectivity index (χ2n) is 11.3. The predicted molar refractivity (Wildman–Crippen MR) is 144 cm³/mol. The average Bonchev–Trinajstić information content (AvgIpc) is 2.89. The molecule has 1 aromatic carbocycles. The van der Waals surface area contributed by atoms with Gasteiger partial charge in [-0.25, -0.2) is 4.57 Å². The normalized spacial score (nSPS) is 26.7. The number of aliphatic hydroxyl groups is 1. The predicted octanol–water partition coefficient (Wildman–Crippen LogP) is 6.26. The molecule has 4 heterocycles. The number of fused-ring (bicyclic) bond motifs is 4. The van der Waals surface area contributed by atoms with E-state index in [0.717, 1.165) is 39.7 Å². The summed E-state index contributed by atoms with van der Waals surface area (Å²) in [6.07, 6.45) is 17.0. The van der Waals surface area contributed by atoms with Crippen LogP contribution in [0.1, 0.15) is 82.8 Å². The molecule has 0 saturated carbocycles. The topological polar surface area (TPSA) is 33.3 Å². The first-order valence-corrected chi connectivity index (χ1v) is 14.2. The molecule has 0 radical (unpaired) electrons. The van der Waals surface area contributed by atoms with Gasteiger partial charge in [-0.1, -0.05) is 51.5 Å². The van der Waals surface area contributed by atoms with Crippen LogP contribution in [-0.2, 0) is 7.05 Å². The molecular formula is C31H48N2O2+2. The third-order valence-corrected chi connectivity index (χ3v) is 9.19. The number of ether oxygens (including phenoxy) is 1. The summed E-state index contributed by atoms with van der Waals surface area (Å²) in [7, 11) is 3.79. The van der Waals surface area contributed by atoms with Crippen molar-refractivity contribution in [2.45, 2.75) is 83.3 Å². The molecule has 0 spiro atoms. The Kier molecular flexibility index (Phi) is 8.88. The number of quaternary nitrogens is 1. The Balaban J connectivity index is 1.53. The van der Waals surface area contributed by atoms with Crippen molar-refractivity contribution in [1.29, 1.82) is 0 Å². The summed E-state index contributed by atoms with van der Waals surface area (Å²) >= 11 is 0. The van der Waals surface area contributed by atoms with Gasteiger partial charge in [0.25, 0.3) is 0 Å². The molecule has 35 heavy (non-hydrogen) atoms. The molecular weight excluding hydrogens is 432 g/mol. The highest BCUT2D eigenvalue weighted by Gasteiger charge is 2.53. The van der Waals surface area contributed by atoms with E-state index in [1.807, 2.05) is 6.07 Å². The lowest BCUT2D eigenvalue weighted by Gasteiger charge is -2.58. The minimum Gasteiger partial charge on any atom is -0.497 e. The smallest absolute Gasteiger partial charge is 0.212 e. The van der Waals surface area contributed by atoms with Gasteiger partial charge < -0.3 is 14.3 Å². The van der Waals surface area contributed by atoms with E-state index in [9.17, 15) is 5.11 Å². The molecule has 4 heteroatoms. The highest BCUT2D eigenvalue weighted by atomic mass is 16.5. The molecule has 5 atom stereocenters. The minimum absolute atomic E-state index is 0.261. The molecule has 4 nitrogen and oxygen atoms in total. The number of nitrogens with zero attached hydrogens (tertiary/aromatic N) is 2. The summed E-state index contributed by atoms with van der Waals surface area (Å²) in [5.41, 5.74) is 2.19. The summed E-state index contributed by atoms with van der Waals surface area (Å²) in [6, 6.07) is 8.61. The number of hydrogen-bond donors (Lipinski definition) is 1. The maximum atomic E-state index is 12.0. The minimum atomic E-state index is -0.464. The molecule has 3 unspecified atom stereocenters. The molecule has 3 aliphatic rings. The zero-order valence-electron chi connectivity index (χ0n) is 22.4. The lowest BCUT2D eigenvalue weighted by Crippen LogP contribution is -2.68. The molecule has 1 aromatic heterocycles. The van der Waals surface area contributed by atoms with E-state index in [0.29, 0.717) is 11.8 Å². The number of aromatic nitrogens is 1. The van der Waals surface area contributed by atoms with Gasteiger partial charge in [-0.15, -0.1) is 6.58 Å². The molecule has 2 aromatic rings. The van der Waals surface area contributed by atoms with E-state index in [1.165, 1.54) is 70.9 Å². The van der Waals surface area contributed by atoms with E-state index in [-0.39, 0.29) is 6.04 Å². The summed E-state index contributed by atoms with van der Waals surface area (Å²) in [4.78, 5) is 0. The maximum Gasteiger partial charge on any atom is 0.212 e. The van der Waals surface area contributed by atoms with Gasteiger partial charge in [0.15, 0.2) is 6.20 Å². The van der Waals surface area contributed by atoms with Crippen LogP contribution in [-0.4, -0.2) is 42.4 Å². The van der Waals surface area contributed by atoms with Crippen LogP contribution in [0.5, 0.6) is 5.75 Å². The molecule has 1 N–H and O–H groups in total. The van der Waals surface area contributed by atoms with Gasteiger partial charge >= 0.3 is 0 Å². The van der Waals surface area contributed by atoms with Crippen LogP contribution < -0.4 is 9.30 Å². The van der Waals surface area contributed by atoms with Crippen LogP contribution in [0, 0.1) is 11.8 Å². The monoisotopic (exact) mass is 480 g/mol. The Hall–Kier alpha value is -1.91. The van der Waals surface area contributed by atoms with Gasteiger partial charge in [0.2, 0.25) is 5.52 Å². The number of piperidine rings is 3. The fourth-order valence-electron chi connectivity index (χ4n) is 7.06. The second kappa shape index (κ2) is 11.9. The summed E-state index contributed by atoms with van der Waals surface area (Å²) in [6.45, 7) is 10.0. The summed E-state index contributed by atoms with van der Waals surface area (Å²) in [5, 5.41) is 13.1. The first-order chi connectivity index (χ1) is 17.0. The van der Waals surface area contributed by atoms with Gasteiger partial charge in [-0.05, 0) is 30.9 Å². The number of methoxy groups -OCH3 is 1. The summed E-state index contributed by atoms with van der Waals surface area (Å²) < 4.78 is 8.74. The third kappa shape index (κ3) is 5.59. The van der Waals surface area contributed by atoms with Gasteiger partial charge in [-0.2, -0.15) is 0 Å². The molecule has 3 saturated heterocycles. The van der Waals surface area contributed by atoms with Crippen LogP contribution in [0.25, 0.3) is 10.9 Å². The fourth-order valence-corrected chi connectivity index (χ4v) is 7.06. The van der Waals surface area contributed by atoms with Crippen molar-refractivity contribution in [1.82, 2.24) is 0 Å². The molecule has 5 rings (SSSR count). The largest absolute Gasteiger partial charge is 0.497 e. The van der Waals surface area contributed by atoms with Crippen LogP contribution in [0.15, 0.2) is 43.1 Å². The average molecular weight is 481 g/mol. The number of unbranched alkanes of at least 4 members (excludes halogenated alkanes) is 7. The Bertz CT molecular complexity index is 989. The standard InChI is InChI=1S/C31H48N2O2/c1-5-7-8-9-10-11-12-13-19-33-20-17-25(24(6-2)23-33)21-30(33)31(34)27-16-18-32(3)29-15-14-26(35-4)22-28(27)29/h6,14-16,18,22,24-25,30-31,34H,2,5,7-13,17,19-21,23H2,1,3-4H3/q+2/t24?,25?,30-,31-,33?/m0/s1. The Labute approximate surface area is 213 Å². The molecule has 192 valence electrons. The highest BCUT2D eigenvalue weighted by Crippen LogP contribution is 2.47. The molecule has 0 amide bonds. The number of aliphatic hydroxyl groups excluding tert-OH is 1. The Morgan fingerprint density at radius 3 is 2.60 bits per heavy atom. The quantitative estimate of drug-likeness (QED) is 0.159. The molecule has 3 aliphatic heterocycles. The van der Waals surface area contributed by atoms with Crippen molar-refractivity contribution < 1.29 is 18.9 Å². The lowest BCUT2D eigenvalue weighted by atomic mass is 9.71. The number of pyridine rings is 1. The zero-order valence-corrected chi connectivity index (χ0v) is 22.4. The third-order valence-electron chi connectivity index (χ3n) is 9.19. The van der Waals surface area contributed by atoms with E-state index < -0.39 is 6.10 Å². The summed E-state index contributed by atoms with van der Waals surface area (Å²) in [5.74, 6) is 2.09. The van der Waals surface area contributed by atoms with Gasteiger partial charge in [-0.3, -0.25) is 0 Å². The van der Waals surface area contributed by atoms with Gasteiger partial charge in [0.05, 0.1) is 32.1 Å². The van der Waals surface area contributed by atoms with Crippen molar-refractivity contribution in [2.75, 3.05) is 26.7 Å². The SMILES string of the molecule is C=CC1C[N+]2(CCCCCCCCCC)CCC1C[C@H]2[C@@H](O)c1cc[n+](C)c2ccc(OC)cc12. The Morgan fingerprint density at radius 1 is 1.14 bits per heavy atom. The second-order valence-corrected chi connectivity index (χ2v) is 11.3. The van der Waals surface area contributed by atoms with Crippen LogP contribution in [0.2, 0.25) is 0 Å². The first kappa shape index (κ1) is 26.2. The van der Waals surface area contributed by atoms with Crippen molar-refractivity contribution in [3.05, 3.63) is 48.7 Å². The van der Waals surface area contributed by atoms with Crippen molar-refractivity contribution in [3.8, 4) is 5.75 Å². The lowest BCUT2D eigenvalue weighted by molar-refractivity contribution is -0.973. The van der Waals surface area contributed by atoms with Crippen LogP contribution >= 0.6 is 0 Å². The van der Waals surface area contributed by atoms with E-state index in [2.05, 4.69) is 55.6 Å². The molecule has 3 fully saturated rings. The number of aryl methyl sites for hydroxylation is 1. The van der Waals surface area contributed by atoms with Crippen molar-refractivity contribution in [2.24, 2.45) is 18.9 Å².